The second-order valence-electron chi connectivity index (χ2n) is 11.9. The number of aromatic nitrogens is 1. The van der Waals surface area contributed by atoms with Gasteiger partial charge in [0, 0.05) is 51.1 Å². The predicted molar refractivity (Wildman–Crippen MR) is 154 cm³/mol. The second kappa shape index (κ2) is 11.2. The number of benzene rings is 1. The van der Waals surface area contributed by atoms with Gasteiger partial charge < -0.3 is 25.0 Å². The van der Waals surface area contributed by atoms with Gasteiger partial charge in [-0.15, -0.1) is 0 Å². The lowest BCUT2D eigenvalue weighted by Gasteiger charge is -2.35. The van der Waals surface area contributed by atoms with E-state index in [0.29, 0.717) is 41.4 Å². The van der Waals surface area contributed by atoms with Crippen molar-refractivity contribution in [1.29, 1.82) is 0 Å². The number of amides is 1. The smallest absolute Gasteiger partial charge is 0.274 e. The molecule has 1 spiro atoms. The van der Waals surface area contributed by atoms with E-state index in [1.165, 1.54) is 18.9 Å². The van der Waals surface area contributed by atoms with Gasteiger partial charge in [-0.1, -0.05) is 0 Å². The summed E-state index contributed by atoms with van der Waals surface area (Å²) in [5.41, 5.74) is 2.43. The zero-order chi connectivity index (χ0) is 29.5. The highest BCUT2D eigenvalue weighted by Crippen LogP contribution is 2.54. The molecule has 4 aliphatic rings. The SMILES string of the molecule is O=C(Nc1ccc(S(=O)(=O)NCCO)cc1N1CCC2(CC1)CC2)c1cc2c(c(N3CCC(F)(F)CC3)n1)OCCC2. The van der Waals surface area contributed by atoms with Crippen molar-refractivity contribution < 1.29 is 31.8 Å². The van der Waals surface area contributed by atoms with Crippen LogP contribution < -0.4 is 24.6 Å². The van der Waals surface area contributed by atoms with Crippen LogP contribution in [0.25, 0.3) is 0 Å². The van der Waals surface area contributed by atoms with Crippen LogP contribution in [0.5, 0.6) is 5.75 Å². The number of aliphatic hydroxyl groups excluding tert-OH is 1. The second-order valence-corrected chi connectivity index (χ2v) is 13.6. The molecule has 2 aromatic rings. The van der Waals surface area contributed by atoms with Crippen LogP contribution in [0.2, 0.25) is 0 Å². The molecular weight excluding hydrogens is 568 g/mol. The fourth-order valence-corrected chi connectivity index (χ4v) is 7.16. The van der Waals surface area contributed by atoms with Crippen molar-refractivity contribution in [2.75, 3.05) is 61.1 Å². The first kappa shape index (κ1) is 29.1. The first-order chi connectivity index (χ1) is 20.1. The van der Waals surface area contributed by atoms with Crippen molar-refractivity contribution in [3.8, 4) is 5.75 Å². The molecule has 3 fully saturated rings. The summed E-state index contributed by atoms with van der Waals surface area (Å²) in [7, 11) is -3.86. The van der Waals surface area contributed by atoms with Crippen molar-refractivity contribution in [3.63, 3.8) is 0 Å². The summed E-state index contributed by atoms with van der Waals surface area (Å²) in [5, 5.41) is 12.1. The lowest BCUT2D eigenvalue weighted by atomic mass is 9.93. The first-order valence-corrected chi connectivity index (χ1v) is 16.2. The van der Waals surface area contributed by atoms with E-state index in [1.807, 2.05) is 0 Å². The minimum atomic E-state index is -3.86. The van der Waals surface area contributed by atoms with Crippen molar-refractivity contribution in [1.82, 2.24) is 9.71 Å². The Morgan fingerprint density at radius 1 is 1.02 bits per heavy atom. The summed E-state index contributed by atoms with van der Waals surface area (Å²) >= 11 is 0. The molecule has 3 aliphatic heterocycles. The number of hydrogen-bond acceptors (Lipinski definition) is 8. The van der Waals surface area contributed by atoms with E-state index >= 15 is 0 Å². The average molecular weight is 606 g/mol. The molecule has 0 bridgehead atoms. The van der Waals surface area contributed by atoms with Gasteiger partial charge in [0.25, 0.3) is 11.8 Å². The number of pyridine rings is 1. The number of fused-ring (bicyclic) bond motifs is 1. The van der Waals surface area contributed by atoms with Gasteiger partial charge >= 0.3 is 0 Å². The van der Waals surface area contributed by atoms with Gasteiger partial charge in [-0.25, -0.2) is 26.9 Å². The minimum absolute atomic E-state index is 0.0453. The Labute approximate surface area is 244 Å². The molecule has 1 aromatic heterocycles. The molecule has 1 aliphatic carbocycles. The molecule has 13 heteroatoms. The Morgan fingerprint density at radius 3 is 2.43 bits per heavy atom. The molecule has 0 radical (unpaired) electrons. The number of hydrogen-bond donors (Lipinski definition) is 3. The maximum Gasteiger partial charge on any atom is 0.274 e. The Kier molecular flexibility index (Phi) is 7.77. The van der Waals surface area contributed by atoms with E-state index in [0.717, 1.165) is 37.9 Å². The Bertz CT molecular complexity index is 1450. The number of alkyl halides is 2. The third kappa shape index (κ3) is 6.04. The van der Waals surface area contributed by atoms with Gasteiger partial charge in [-0.3, -0.25) is 4.79 Å². The van der Waals surface area contributed by atoms with Crippen LogP contribution in [-0.4, -0.2) is 76.3 Å². The zero-order valence-electron chi connectivity index (χ0n) is 23.5. The van der Waals surface area contributed by atoms with Crippen LogP contribution in [0.4, 0.5) is 26.0 Å². The molecule has 1 aromatic carbocycles. The molecular formula is C29H37F2N5O5S. The standard InChI is InChI=1S/C29H37F2N5O5S/c30-29(31)9-14-36(15-10-29)26-25-20(2-1-17-41-25)18-23(33-26)27(38)34-22-4-3-21(42(39,40)32-11-16-37)19-24(22)35-12-7-28(5-6-28)8-13-35/h3-4,18-19,32,37H,1-2,5-17H2,(H,34,38). The highest BCUT2D eigenvalue weighted by Gasteiger charge is 2.44. The van der Waals surface area contributed by atoms with E-state index in [2.05, 4.69) is 19.9 Å². The van der Waals surface area contributed by atoms with Gasteiger partial charge in [0.1, 0.15) is 5.69 Å². The fourth-order valence-electron chi connectivity index (χ4n) is 6.12. The van der Waals surface area contributed by atoms with Crippen molar-refractivity contribution in [2.45, 2.75) is 62.2 Å². The third-order valence-corrected chi connectivity index (χ3v) is 10.4. The first-order valence-electron chi connectivity index (χ1n) is 14.7. The van der Waals surface area contributed by atoms with Crippen molar-refractivity contribution >= 4 is 33.1 Å². The predicted octanol–water partition coefficient (Wildman–Crippen LogP) is 3.55. The maximum atomic E-state index is 13.9. The summed E-state index contributed by atoms with van der Waals surface area (Å²) in [6.45, 7) is 1.79. The largest absolute Gasteiger partial charge is 0.489 e. The number of aryl methyl sites for hydroxylation is 1. The van der Waals surface area contributed by atoms with E-state index in [1.54, 1.807) is 23.1 Å². The zero-order valence-corrected chi connectivity index (χ0v) is 24.3. The molecule has 1 saturated carbocycles. The molecule has 0 unspecified atom stereocenters. The number of anilines is 3. The number of carbonyl (C=O) groups excluding carboxylic acids is 1. The van der Waals surface area contributed by atoms with Gasteiger partial charge in [0.2, 0.25) is 10.0 Å². The van der Waals surface area contributed by atoms with Crippen molar-refractivity contribution in [3.05, 3.63) is 35.5 Å². The summed E-state index contributed by atoms with van der Waals surface area (Å²) in [6, 6.07) is 6.27. The molecule has 1 amide bonds. The van der Waals surface area contributed by atoms with Crippen LogP contribution in [0, 0.1) is 5.41 Å². The van der Waals surface area contributed by atoms with Crippen LogP contribution in [0.15, 0.2) is 29.2 Å². The Morgan fingerprint density at radius 2 is 1.74 bits per heavy atom. The highest BCUT2D eigenvalue weighted by atomic mass is 32.2. The van der Waals surface area contributed by atoms with E-state index in [9.17, 15) is 22.0 Å². The normalized spacial score (nSPS) is 21.0. The number of piperidine rings is 2. The molecule has 10 nitrogen and oxygen atoms in total. The highest BCUT2D eigenvalue weighted by molar-refractivity contribution is 7.89. The number of aliphatic hydroxyl groups is 1. The van der Waals surface area contributed by atoms with E-state index < -0.39 is 21.9 Å². The Hall–Kier alpha value is -3.03. The topological polar surface area (TPSA) is 124 Å². The molecule has 2 saturated heterocycles. The summed E-state index contributed by atoms with van der Waals surface area (Å²) in [6.07, 6.45) is 5.32. The van der Waals surface area contributed by atoms with Crippen LogP contribution >= 0.6 is 0 Å². The molecule has 3 N–H and O–H groups in total. The number of ether oxygens (including phenoxy) is 1. The maximum absolute atomic E-state index is 13.9. The monoisotopic (exact) mass is 605 g/mol. The van der Waals surface area contributed by atoms with E-state index in [4.69, 9.17) is 9.84 Å². The summed E-state index contributed by atoms with van der Waals surface area (Å²) in [5.74, 6) is -2.23. The average Bonchev–Trinajstić information content (AvgIpc) is 3.74. The van der Waals surface area contributed by atoms with Gasteiger partial charge in [0.15, 0.2) is 11.6 Å². The molecule has 6 rings (SSSR count). The number of carbonyl (C=O) groups is 1. The Balaban J connectivity index is 1.30. The fraction of sp³-hybridized carbons (Fsp3) is 0.586. The number of nitrogens with zero attached hydrogens (tertiary/aromatic N) is 3. The van der Waals surface area contributed by atoms with Gasteiger partial charge in [-0.2, -0.15) is 0 Å². The van der Waals surface area contributed by atoms with Crippen molar-refractivity contribution in [2.24, 2.45) is 5.41 Å². The lowest BCUT2D eigenvalue weighted by Crippen LogP contribution is -2.40. The number of nitrogens with one attached hydrogen (secondary N) is 2. The number of halogens is 2. The van der Waals surface area contributed by atoms with Crippen LogP contribution in [0.1, 0.15) is 61.0 Å². The van der Waals surface area contributed by atoms with Gasteiger partial charge in [-0.05, 0) is 68.2 Å². The number of rotatable bonds is 8. The van der Waals surface area contributed by atoms with Crippen LogP contribution in [-0.2, 0) is 16.4 Å². The van der Waals surface area contributed by atoms with Gasteiger partial charge in [0.05, 0.1) is 29.5 Å². The third-order valence-electron chi connectivity index (χ3n) is 8.95. The summed E-state index contributed by atoms with van der Waals surface area (Å²) in [4.78, 5) is 22.2. The minimum Gasteiger partial charge on any atom is -0.489 e. The molecule has 0 atom stereocenters. The number of sulfonamides is 1. The van der Waals surface area contributed by atoms with Crippen LogP contribution in [0.3, 0.4) is 0 Å². The quantitative estimate of drug-likeness (QED) is 0.418. The van der Waals surface area contributed by atoms with E-state index in [-0.39, 0.29) is 49.7 Å². The molecule has 4 heterocycles. The molecule has 228 valence electrons. The molecule has 42 heavy (non-hydrogen) atoms. The summed E-state index contributed by atoms with van der Waals surface area (Å²) < 4.78 is 61.8. The lowest BCUT2D eigenvalue weighted by molar-refractivity contribution is -0.0222.